The minimum atomic E-state index is -0.311. The Morgan fingerprint density at radius 1 is 1.17 bits per heavy atom. The maximum atomic E-state index is 13.2. The highest BCUT2D eigenvalue weighted by molar-refractivity contribution is 5.79. The lowest BCUT2D eigenvalue weighted by Crippen LogP contribution is -2.62. The molecule has 1 unspecified atom stereocenters. The number of morpholine rings is 1. The van der Waals surface area contributed by atoms with Gasteiger partial charge in [-0.15, -0.1) is 0 Å². The molecule has 1 aromatic carbocycles. The molecule has 154 valence electrons. The second-order valence-electron chi connectivity index (χ2n) is 8.02. The summed E-state index contributed by atoms with van der Waals surface area (Å²) in [7, 11) is 0. The second kappa shape index (κ2) is 8.37. The van der Waals surface area contributed by atoms with Gasteiger partial charge in [0, 0.05) is 26.2 Å². The van der Waals surface area contributed by atoms with E-state index in [-0.39, 0.29) is 48.3 Å². The van der Waals surface area contributed by atoms with Gasteiger partial charge in [-0.05, 0) is 42.9 Å². The fraction of sp³-hybridized carbons (Fsp3) is 0.571. The summed E-state index contributed by atoms with van der Waals surface area (Å²) < 4.78 is 18.7. The van der Waals surface area contributed by atoms with Gasteiger partial charge in [-0.1, -0.05) is 12.1 Å². The molecular formula is C21H25FN4O3. The number of likely N-dealkylation sites (tertiary alicyclic amines) is 2. The van der Waals surface area contributed by atoms with Gasteiger partial charge in [-0.2, -0.15) is 5.26 Å². The van der Waals surface area contributed by atoms with E-state index in [1.165, 1.54) is 12.1 Å². The highest BCUT2D eigenvalue weighted by Crippen LogP contribution is 2.33. The molecule has 3 saturated heterocycles. The first-order valence-corrected chi connectivity index (χ1v) is 10.1. The van der Waals surface area contributed by atoms with Crippen LogP contribution in [0.3, 0.4) is 0 Å². The molecule has 3 aliphatic heterocycles. The second-order valence-corrected chi connectivity index (χ2v) is 8.02. The molecule has 1 N–H and O–H groups in total. The van der Waals surface area contributed by atoms with Gasteiger partial charge in [-0.3, -0.25) is 4.79 Å². The summed E-state index contributed by atoms with van der Waals surface area (Å²) >= 11 is 0. The SMILES string of the molecule is N#CC(c1ccc(F)cc1)C1CCN(C(=O)N2CC[C@@H]3OCC(=O)N[C@@H]3C2)CC1. The van der Waals surface area contributed by atoms with Crippen molar-refractivity contribution in [3.63, 3.8) is 0 Å². The number of hydrogen-bond acceptors (Lipinski definition) is 4. The monoisotopic (exact) mass is 400 g/mol. The number of amides is 3. The number of fused-ring (bicyclic) bond motifs is 1. The van der Waals surface area contributed by atoms with Crippen molar-refractivity contribution in [3.8, 4) is 6.07 Å². The third kappa shape index (κ3) is 4.20. The summed E-state index contributed by atoms with van der Waals surface area (Å²) in [5.41, 5.74) is 0.828. The fourth-order valence-corrected chi connectivity index (χ4v) is 4.62. The molecule has 3 aliphatic rings. The van der Waals surface area contributed by atoms with Crippen LogP contribution < -0.4 is 5.32 Å². The molecule has 7 nitrogen and oxygen atoms in total. The van der Waals surface area contributed by atoms with Gasteiger partial charge < -0.3 is 19.9 Å². The van der Waals surface area contributed by atoms with E-state index < -0.39 is 0 Å². The van der Waals surface area contributed by atoms with Crippen LogP contribution in [0.15, 0.2) is 24.3 Å². The van der Waals surface area contributed by atoms with E-state index in [0.29, 0.717) is 32.6 Å². The Kier molecular flexibility index (Phi) is 5.67. The first-order valence-electron chi connectivity index (χ1n) is 10.1. The molecule has 0 spiro atoms. The maximum absolute atomic E-state index is 13.2. The number of carbonyl (C=O) groups excluding carboxylic acids is 2. The Hall–Kier alpha value is -2.66. The highest BCUT2D eigenvalue weighted by atomic mass is 19.1. The predicted octanol–water partition coefficient (Wildman–Crippen LogP) is 1.85. The van der Waals surface area contributed by atoms with Gasteiger partial charge >= 0.3 is 6.03 Å². The Bertz CT molecular complexity index is 801. The molecule has 0 aromatic heterocycles. The summed E-state index contributed by atoms with van der Waals surface area (Å²) in [4.78, 5) is 28.1. The Morgan fingerprint density at radius 2 is 1.86 bits per heavy atom. The zero-order chi connectivity index (χ0) is 20.4. The van der Waals surface area contributed by atoms with Gasteiger partial charge in [0.05, 0.1) is 24.1 Å². The molecule has 3 atom stereocenters. The molecule has 0 radical (unpaired) electrons. The van der Waals surface area contributed by atoms with Crippen LogP contribution in [0.1, 0.15) is 30.7 Å². The minimum Gasteiger partial charge on any atom is -0.366 e. The lowest BCUT2D eigenvalue weighted by Gasteiger charge is -2.43. The van der Waals surface area contributed by atoms with Crippen LogP contribution in [-0.4, -0.2) is 66.7 Å². The quantitative estimate of drug-likeness (QED) is 0.821. The van der Waals surface area contributed by atoms with E-state index in [9.17, 15) is 19.2 Å². The van der Waals surface area contributed by atoms with Crippen LogP contribution in [0, 0.1) is 23.1 Å². The zero-order valence-corrected chi connectivity index (χ0v) is 16.2. The van der Waals surface area contributed by atoms with Crippen molar-refractivity contribution in [2.24, 2.45) is 5.92 Å². The number of rotatable bonds is 2. The van der Waals surface area contributed by atoms with Gasteiger partial charge in [0.1, 0.15) is 12.4 Å². The van der Waals surface area contributed by atoms with Crippen molar-refractivity contribution in [3.05, 3.63) is 35.6 Å². The van der Waals surface area contributed by atoms with Crippen LogP contribution in [0.25, 0.3) is 0 Å². The molecule has 4 rings (SSSR count). The number of carbonyl (C=O) groups is 2. The van der Waals surface area contributed by atoms with E-state index in [0.717, 1.165) is 18.4 Å². The van der Waals surface area contributed by atoms with Gasteiger partial charge in [-0.25, -0.2) is 9.18 Å². The number of urea groups is 1. The molecule has 3 heterocycles. The van der Waals surface area contributed by atoms with Gasteiger partial charge in [0.2, 0.25) is 5.91 Å². The Labute approximate surface area is 169 Å². The van der Waals surface area contributed by atoms with Crippen LogP contribution >= 0.6 is 0 Å². The van der Waals surface area contributed by atoms with Crippen LogP contribution in [0.5, 0.6) is 0 Å². The maximum Gasteiger partial charge on any atom is 0.320 e. The number of piperidine rings is 2. The standard InChI is InChI=1S/C21H25FN4O3/c22-16-3-1-14(2-4-16)17(11-23)15-5-8-25(9-6-15)21(28)26-10-7-19-18(12-26)24-20(27)13-29-19/h1-4,15,17-19H,5-10,12-13H2,(H,24,27)/t17?,18-,19+/m1/s1. The first kappa shape index (κ1) is 19.6. The van der Waals surface area contributed by atoms with E-state index in [2.05, 4.69) is 11.4 Å². The minimum absolute atomic E-state index is 0.0167. The number of nitrogens with zero attached hydrogens (tertiary/aromatic N) is 3. The molecule has 0 saturated carbocycles. The van der Waals surface area contributed by atoms with Crippen LogP contribution in [0.2, 0.25) is 0 Å². The molecule has 3 fully saturated rings. The van der Waals surface area contributed by atoms with Crippen molar-refractivity contribution < 1.29 is 18.7 Å². The summed E-state index contributed by atoms with van der Waals surface area (Å²) in [5, 5.41) is 12.6. The smallest absolute Gasteiger partial charge is 0.320 e. The average Bonchev–Trinajstić information content (AvgIpc) is 2.75. The van der Waals surface area contributed by atoms with Crippen LogP contribution in [0.4, 0.5) is 9.18 Å². The molecule has 0 aliphatic carbocycles. The molecule has 0 bridgehead atoms. The first-order chi connectivity index (χ1) is 14.0. The van der Waals surface area contributed by atoms with Crippen molar-refractivity contribution in [1.29, 1.82) is 5.26 Å². The largest absolute Gasteiger partial charge is 0.366 e. The number of nitrogens with one attached hydrogen (secondary N) is 1. The van der Waals surface area contributed by atoms with Crippen molar-refractivity contribution >= 4 is 11.9 Å². The Morgan fingerprint density at radius 3 is 2.55 bits per heavy atom. The molecular weight excluding hydrogens is 375 g/mol. The van der Waals surface area contributed by atoms with E-state index in [1.54, 1.807) is 17.0 Å². The molecule has 3 amide bonds. The molecule has 29 heavy (non-hydrogen) atoms. The Balaban J connectivity index is 1.33. The van der Waals surface area contributed by atoms with Crippen molar-refractivity contribution in [2.45, 2.75) is 37.3 Å². The van der Waals surface area contributed by atoms with Gasteiger partial charge in [0.15, 0.2) is 0 Å². The lowest BCUT2D eigenvalue weighted by atomic mass is 9.81. The topological polar surface area (TPSA) is 85.7 Å². The number of benzene rings is 1. The van der Waals surface area contributed by atoms with Crippen molar-refractivity contribution in [1.82, 2.24) is 15.1 Å². The van der Waals surface area contributed by atoms with Crippen LogP contribution in [-0.2, 0) is 9.53 Å². The normalized spacial score (nSPS) is 26.3. The molecule has 8 heteroatoms. The summed E-state index contributed by atoms with van der Waals surface area (Å²) in [6, 6.07) is 8.31. The fourth-order valence-electron chi connectivity index (χ4n) is 4.62. The summed E-state index contributed by atoms with van der Waals surface area (Å²) in [6.45, 7) is 2.36. The van der Waals surface area contributed by atoms with Crippen molar-refractivity contribution in [2.75, 3.05) is 32.8 Å². The number of hydrogen-bond donors (Lipinski definition) is 1. The van der Waals surface area contributed by atoms with Gasteiger partial charge in [0.25, 0.3) is 0 Å². The number of nitriles is 1. The number of halogens is 1. The third-order valence-corrected chi connectivity index (χ3v) is 6.24. The predicted molar refractivity (Wildman–Crippen MR) is 102 cm³/mol. The number of ether oxygens (including phenoxy) is 1. The highest BCUT2D eigenvalue weighted by Gasteiger charge is 2.38. The van der Waals surface area contributed by atoms with E-state index in [4.69, 9.17) is 4.74 Å². The van der Waals surface area contributed by atoms with E-state index >= 15 is 0 Å². The molecule has 1 aromatic rings. The summed E-state index contributed by atoms with van der Waals surface area (Å²) in [5.74, 6) is -0.594. The lowest BCUT2D eigenvalue weighted by molar-refractivity contribution is -0.139. The summed E-state index contributed by atoms with van der Waals surface area (Å²) in [6.07, 6.45) is 2.17. The average molecular weight is 400 g/mol. The zero-order valence-electron chi connectivity index (χ0n) is 16.2. The third-order valence-electron chi connectivity index (χ3n) is 6.24. The van der Waals surface area contributed by atoms with E-state index in [1.807, 2.05) is 4.90 Å².